The first-order chi connectivity index (χ1) is 8.99. The van der Waals surface area contributed by atoms with Crippen LogP contribution in [0.4, 0.5) is 4.79 Å². The molecule has 6 heteroatoms. The number of nitrogens with one attached hydrogen (secondary N) is 1. The average molecular weight is 269 g/mol. The topological polar surface area (TPSA) is 96.5 Å². The van der Waals surface area contributed by atoms with Crippen LogP contribution in [0.15, 0.2) is 0 Å². The summed E-state index contributed by atoms with van der Waals surface area (Å²) in [6.45, 7) is 2.55. The van der Waals surface area contributed by atoms with Crippen LogP contribution in [-0.2, 0) is 9.53 Å². The molecule has 1 aliphatic heterocycles. The van der Waals surface area contributed by atoms with Gasteiger partial charge in [0, 0.05) is 26.4 Å². The zero-order chi connectivity index (χ0) is 14.3. The standard InChI is InChI=1S/C13H23N3O3/c1-10(17)19-13(18)16-8-6-11(7-9-16)4-2-3-5-12(14)15/h11H,2-9H2,1H3,(H3,14,15). The van der Waals surface area contributed by atoms with Gasteiger partial charge in [0.1, 0.15) is 0 Å². The molecule has 0 spiro atoms. The predicted octanol–water partition coefficient (Wildman–Crippen LogP) is 1.88. The molecular weight excluding hydrogens is 246 g/mol. The number of nitrogens with zero attached hydrogens (tertiary/aromatic N) is 1. The molecule has 0 bridgehead atoms. The molecule has 1 heterocycles. The lowest BCUT2D eigenvalue weighted by Gasteiger charge is -2.30. The van der Waals surface area contributed by atoms with Gasteiger partial charge in [-0.2, -0.15) is 0 Å². The molecule has 0 aromatic carbocycles. The lowest BCUT2D eigenvalue weighted by molar-refractivity contribution is -0.135. The summed E-state index contributed by atoms with van der Waals surface area (Å²) >= 11 is 0. The Morgan fingerprint density at radius 3 is 2.47 bits per heavy atom. The number of amides is 1. The van der Waals surface area contributed by atoms with Crippen molar-refractivity contribution in [1.29, 1.82) is 5.41 Å². The van der Waals surface area contributed by atoms with Crippen LogP contribution >= 0.6 is 0 Å². The maximum Gasteiger partial charge on any atom is 0.417 e. The van der Waals surface area contributed by atoms with E-state index in [0.717, 1.165) is 32.1 Å². The fourth-order valence-corrected chi connectivity index (χ4v) is 2.34. The number of unbranched alkanes of at least 4 members (excludes halogenated alkanes) is 1. The fourth-order valence-electron chi connectivity index (χ4n) is 2.34. The van der Waals surface area contributed by atoms with E-state index in [2.05, 4.69) is 4.74 Å². The van der Waals surface area contributed by atoms with Gasteiger partial charge in [0.05, 0.1) is 5.84 Å². The molecule has 3 N–H and O–H groups in total. The molecule has 0 aromatic rings. The van der Waals surface area contributed by atoms with Gasteiger partial charge in [0.15, 0.2) is 0 Å². The van der Waals surface area contributed by atoms with Gasteiger partial charge in [0.25, 0.3) is 0 Å². The van der Waals surface area contributed by atoms with Crippen molar-refractivity contribution in [3.63, 3.8) is 0 Å². The normalized spacial score (nSPS) is 16.2. The smallest absolute Gasteiger partial charge is 0.388 e. The lowest BCUT2D eigenvalue weighted by atomic mass is 9.91. The van der Waals surface area contributed by atoms with Crippen LogP contribution in [-0.4, -0.2) is 35.9 Å². The first-order valence-corrected chi connectivity index (χ1v) is 6.79. The van der Waals surface area contributed by atoms with E-state index in [1.807, 2.05) is 0 Å². The van der Waals surface area contributed by atoms with Crippen molar-refractivity contribution in [3.05, 3.63) is 0 Å². The molecule has 6 nitrogen and oxygen atoms in total. The minimum atomic E-state index is -0.559. The number of carbonyl (C=O) groups excluding carboxylic acids is 2. The van der Waals surface area contributed by atoms with Crippen molar-refractivity contribution in [1.82, 2.24) is 4.90 Å². The molecule has 0 aliphatic carbocycles. The van der Waals surface area contributed by atoms with Gasteiger partial charge in [-0.1, -0.05) is 12.8 Å². The summed E-state index contributed by atoms with van der Waals surface area (Å²) in [5, 5.41) is 7.14. The van der Waals surface area contributed by atoms with Crippen LogP contribution in [0.3, 0.4) is 0 Å². The Hall–Kier alpha value is -1.59. The van der Waals surface area contributed by atoms with Gasteiger partial charge in [-0.25, -0.2) is 4.79 Å². The van der Waals surface area contributed by atoms with E-state index in [-0.39, 0.29) is 5.84 Å². The SMILES string of the molecule is CC(=O)OC(=O)N1CCC(CCCCC(=N)N)CC1. The first-order valence-electron chi connectivity index (χ1n) is 6.79. The van der Waals surface area contributed by atoms with Gasteiger partial charge in [-0.15, -0.1) is 0 Å². The molecule has 0 aromatic heterocycles. The number of esters is 1. The minimum absolute atomic E-state index is 0.252. The number of amidine groups is 1. The highest BCUT2D eigenvalue weighted by Gasteiger charge is 2.24. The summed E-state index contributed by atoms with van der Waals surface area (Å²) in [5.41, 5.74) is 5.30. The Morgan fingerprint density at radius 1 is 1.32 bits per heavy atom. The quantitative estimate of drug-likeness (QED) is 0.262. The molecule has 0 saturated carbocycles. The Balaban J connectivity index is 2.16. The molecule has 1 rings (SSSR count). The number of hydrogen-bond donors (Lipinski definition) is 2. The third kappa shape index (κ3) is 6.22. The Bertz CT molecular complexity index is 336. The van der Waals surface area contributed by atoms with Crippen molar-refractivity contribution < 1.29 is 14.3 Å². The summed E-state index contributed by atoms with van der Waals surface area (Å²) in [6.07, 6.45) is 5.19. The monoisotopic (exact) mass is 269 g/mol. The van der Waals surface area contributed by atoms with Gasteiger partial charge >= 0.3 is 12.1 Å². The van der Waals surface area contributed by atoms with Crippen molar-refractivity contribution in [2.75, 3.05) is 13.1 Å². The molecule has 19 heavy (non-hydrogen) atoms. The number of nitrogens with two attached hydrogens (primary N) is 1. The van der Waals surface area contributed by atoms with Crippen molar-refractivity contribution in [2.45, 2.75) is 45.4 Å². The third-order valence-corrected chi connectivity index (χ3v) is 3.41. The largest absolute Gasteiger partial charge is 0.417 e. The number of hydrogen-bond acceptors (Lipinski definition) is 4. The number of likely N-dealkylation sites (tertiary alicyclic amines) is 1. The van der Waals surface area contributed by atoms with Crippen molar-refractivity contribution in [3.8, 4) is 0 Å². The summed E-state index contributed by atoms with van der Waals surface area (Å²) in [5.74, 6) is 0.312. The van der Waals surface area contributed by atoms with E-state index in [0.29, 0.717) is 25.4 Å². The second-order valence-corrected chi connectivity index (χ2v) is 5.06. The highest BCUT2D eigenvalue weighted by molar-refractivity contribution is 5.83. The van der Waals surface area contributed by atoms with Gasteiger partial charge in [-0.05, 0) is 25.2 Å². The summed E-state index contributed by atoms with van der Waals surface area (Å²) in [4.78, 5) is 23.8. The van der Waals surface area contributed by atoms with Crippen LogP contribution in [0.25, 0.3) is 0 Å². The van der Waals surface area contributed by atoms with E-state index in [4.69, 9.17) is 11.1 Å². The average Bonchev–Trinajstić information content (AvgIpc) is 2.34. The van der Waals surface area contributed by atoms with E-state index in [9.17, 15) is 9.59 Å². The number of rotatable bonds is 5. The molecule has 0 unspecified atom stereocenters. The summed E-state index contributed by atoms with van der Waals surface area (Å²) in [7, 11) is 0. The van der Waals surface area contributed by atoms with Crippen LogP contribution < -0.4 is 5.73 Å². The number of carbonyl (C=O) groups is 2. The second-order valence-electron chi connectivity index (χ2n) is 5.06. The van der Waals surface area contributed by atoms with Crippen LogP contribution in [0.2, 0.25) is 0 Å². The summed E-state index contributed by atoms with van der Waals surface area (Å²) < 4.78 is 4.56. The van der Waals surface area contributed by atoms with Crippen LogP contribution in [0.1, 0.15) is 45.4 Å². The molecule has 1 amide bonds. The zero-order valence-corrected chi connectivity index (χ0v) is 11.5. The molecule has 0 radical (unpaired) electrons. The Morgan fingerprint density at radius 2 is 1.95 bits per heavy atom. The second kappa shape index (κ2) is 7.76. The molecule has 1 fully saturated rings. The molecule has 108 valence electrons. The van der Waals surface area contributed by atoms with E-state index in [1.165, 1.54) is 6.92 Å². The van der Waals surface area contributed by atoms with E-state index in [1.54, 1.807) is 4.90 Å². The van der Waals surface area contributed by atoms with E-state index < -0.39 is 12.1 Å². The zero-order valence-electron chi connectivity index (χ0n) is 11.5. The summed E-state index contributed by atoms with van der Waals surface area (Å²) in [6, 6.07) is 0. The third-order valence-electron chi connectivity index (χ3n) is 3.41. The molecule has 1 saturated heterocycles. The molecule has 1 aliphatic rings. The van der Waals surface area contributed by atoms with Gasteiger partial charge in [0.2, 0.25) is 0 Å². The number of ether oxygens (including phenoxy) is 1. The van der Waals surface area contributed by atoms with Crippen molar-refractivity contribution >= 4 is 17.9 Å². The van der Waals surface area contributed by atoms with Crippen molar-refractivity contribution in [2.24, 2.45) is 11.7 Å². The van der Waals surface area contributed by atoms with Gasteiger partial charge in [-0.3, -0.25) is 10.2 Å². The maximum atomic E-state index is 11.5. The van der Waals surface area contributed by atoms with E-state index >= 15 is 0 Å². The lowest BCUT2D eigenvalue weighted by Crippen LogP contribution is -2.39. The highest BCUT2D eigenvalue weighted by atomic mass is 16.6. The highest BCUT2D eigenvalue weighted by Crippen LogP contribution is 2.23. The predicted molar refractivity (Wildman–Crippen MR) is 71.8 cm³/mol. The number of piperidine rings is 1. The van der Waals surface area contributed by atoms with Crippen LogP contribution in [0.5, 0.6) is 0 Å². The molecule has 0 atom stereocenters. The van der Waals surface area contributed by atoms with Gasteiger partial charge < -0.3 is 15.4 Å². The Labute approximate surface area is 113 Å². The minimum Gasteiger partial charge on any atom is -0.388 e. The first kappa shape index (κ1) is 15.5. The molecular formula is C13H23N3O3. The Kier molecular flexibility index (Phi) is 6.32. The van der Waals surface area contributed by atoms with Crippen LogP contribution in [0, 0.1) is 11.3 Å². The fraction of sp³-hybridized carbons (Fsp3) is 0.769. The maximum absolute atomic E-state index is 11.5.